The van der Waals surface area contributed by atoms with Gasteiger partial charge in [-0.05, 0) is 40.2 Å². The van der Waals surface area contributed by atoms with E-state index in [0.29, 0.717) is 11.3 Å². The fraction of sp³-hybridized carbons (Fsp3) is 0.0667. The minimum absolute atomic E-state index is 0.192. The Morgan fingerprint density at radius 1 is 1.05 bits per heavy atom. The van der Waals surface area contributed by atoms with Crippen LogP contribution in [0, 0.1) is 11.6 Å². The fourth-order valence-electron chi connectivity index (χ4n) is 2.15. The van der Waals surface area contributed by atoms with Crippen LogP contribution in [0.3, 0.4) is 0 Å². The van der Waals surface area contributed by atoms with Gasteiger partial charge in [-0.2, -0.15) is 0 Å². The van der Waals surface area contributed by atoms with Crippen LogP contribution in [0.5, 0.6) is 0 Å². The van der Waals surface area contributed by atoms with E-state index in [4.69, 9.17) is 10.2 Å². The molecule has 0 fully saturated rings. The summed E-state index contributed by atoms with van der Waals surface area (Å²) in [6.45, 7) is 0. The van der Waals surface area contributed by atoms with Gasteiger partial charge < -0.3 is 10.2 Å². The summed E-state index contributed by atoms with van der Waals surface area (Å²) in [5.41, 5.74) is 6.36. The normalized spacial score (nSPS) is 12.8. The lowest BCUT2D eigenvalue weighted by atomic mass is 10.0. The molecule has 102 valence electrons. The zero-order valence-corrected chi connectivity index (χ0v) is 11.8. The van der Waals surface area contributed by atoms with Crippen molar-refractivity contribution in [3.8, 4) is 0 Å². The first-order valence-electron chi connectivity index (χ1n) is 5.95. The van der Waals surface area contributed by atoms with E-state index in [1.54, 1.807) is 6.07 Å². The van der Waals surface area contributed by atoms with Crippen LogP contribution in [-0.4, -0.2) is 0 Å². The summed E-state index contributed by atoms with van der Waals surface area (Å²) in [6.07, 6.45) is 0. The maximum atomic E-state index is 13.8. The number of furan rings is 1. The third kappa shape index (κ3) is 2.13. The number of halogens is 3. The van der Waals surface area contributed by atoms with Gasteiger partial charge in [0.25, 0.3) is 0 Å². The molecule has 1 atom stereocenters. The highest BCUT2D eigenvalue weighted by atomic mass is 79.9. The monoisotopic (exact) mass is 337 g/mol. The molecule has 2 aromatic carbocycles. The molecule has 0 bridgehead atoms. The van der Waals surface area contributed by atoms with Crippen molar-refractivity contribution in [1.29, 1.82) is 0 Å². The summed E-state index contributed by atoms with van der Waals surface area (Å²) in [5.74, 6) is -1.05. The van der Waals surface area contributed by atoms with Crippen molar-refractivity contribution in [2.45, 2.75) is 6.04 Å². The van der Waals surface area contributed by atoms with Crippen molar-refractivity contribution in [3.63, 3.8) is 0 Å². The number of nitrogens with two attached hydrogens (primary N) is 1. The second kappa shape index (κ2) is 5.00. The molecule has 1 aromatic heterocycles. The predicted octanol–water partition coefficient (Wildman–Crippen LogP) is 4.52. The van der Waals surface area contributed by atoms with E-state index in [1.165, 1.54) is 18.2 Å². The zero-order valence-electron chi connectivity index (χ0n) is 10.2. The summed E-state index contributed by atoms with van der Waals surface area (Å²) in [4.78, 5) is 0. The lowest BCUT2D eigenvalue weighted by Crippen LogP contribution is -2.14. The molecule has 2 N–H and O–H groups in total. The Balaban J connectivity index is 2.13. The summed E-state index contributed by atoms with van der Waals surface area (Å²) in [6, 6.07) is 9.87. The predicted molar refractivity (Wildman–Crippen MR) is 76.3 cm³/mol. The largest absolute Gasteiger partial charge is 0.458 e. The molecule has 0 aliphatic carbocycles. The Bertz CT molecular complexity index is 764. The molecule has 0 aliphatic heterocycles. The Hall–Kier alpha value is -1.72. The lowest BCUT2D eigenvalue weighted by Gasteiger charge is -2.11. The number of fused-ring (bicyclic) bond motifs is 1. The molecule has 0 aliphatic rings. The summed E-state index contributed by atoms with van der Waals surface area (Å²) >= 11 is 3.36. The van der Waals surface area contributed by atoms with Gasteiger partial charge in [-0.25, -0.2) is 8.78 Å². The van der Waals surface area contributed by atoms with Gasteiger partial charge in [-0.15, -0.1) is 0 Å². The topological polar surface area (TPSA) is 39.2 Å². The molecular formula is C15H10BrF2NO. The zero-order chi connectivity index (χ0) is 14.3. The van der Waals surface area contributed by atoms with E-state index in [9.17, 15) is 8.78 Å². The standard InChI is InChI=1S/C15H10BrF2NO/c16-9-4-1-3-8-7-12(20-15(8)9)14(19)13-10(17)5-2-6-11(13)18/h1-7,14H,19H2. The Kier molecular flexibility index (Phi) is 3.31. The third-order valence-corrected chi connectivity index (χ3v) is 3.76. The number of para-hydroxylation sites is 1. The van der Waals surface area contributed by atoms with Crippen molar-refractivity contribution in [1.82, 2.24) is 0 Å². The van der Waals surface area contributed by atoms with Crippen LogP contribution < -0.4 is 5.73 Å². The molecule has 1 unspecified atom stereocenters. The van der Waals surface area contributed by atoms with Crippen molar-refractivity contribution in [2.24, 2.45) is 5.73 Å². The number of rotatable bonds is 2. The van der Waals surface area contributed by atoms with Gasteiger partial charge in [0.1, 0.15) is 23.0 Å². The van der Waals surface area contributed by atoms with Gasteiger partial charge in [-0.1, -0.05) is 18.2 Å². The van der Waals surface area contributed by atoms with E-state index >= 15 is 0 Å². The molecule has 20 heavy (non-hydrogen) atoms. The first-order chi connectivity index (χ1) is 9.58. The molecule has 0 spiro atoms. The maximum absolute atomic E-state index is 13.8. The number of hydrogen-bond donors (Lipinski definition) is 1. The van der Waals surface area contributed by atoms with Crippen molar-refractivity contribution in [3.05, 3.63) is 69.9 Å². The van der Waals surface area contributed by atoms with Crippen LogP contribution in [0.15, 0.2) is 51.4 Å². The first kappa shape index (κ1) is 13.3. The van der Waals surface area contributed by atoms with Gasteiger partial charge in [0.2, 0.25) is 0 Å². The van der Waals surface area contributed by atoms with Crippen LogP contribution in [0.2, 0.25) is 0 Å². The molecule has 3 rings (SSSR count). The molecule has 0 saturated carbocycles. The summed E-state index contributed by atoms with van der Waals surface area (Å²) in [5, 5.41) is 0.821. The summed E-state index contributed by atoms with van der Waals surface area (Å²) in [7, 11) is 0. The third-order valence-electron chi connectivity index (χ3n) is 3.13. The highest BCUT2D eigenvalue weighted by Crippen LogP contribution is 2.32. The van der Waals surface area contributed by atoms with Crippen LogP contribution in [0.4, 0.5) is 8.78 Å². The fourth-order valence-corrected chi connectivity index (χ4v) is 2.61. The Morgan fingerprint density at radius 3 is 2.35 bits per heavy atom. The van der Waals surface area contributed by atoms with Crippen molar-refractivity contribution in [2.75, 3.05) is 0 Å². The molecule has 0 radical (unpaired) electrons. The van der Waals surface area contributed by atoms with Crippen molar-refractivity contribution >= 4 is 26.9 Å². The van der Waals surface area contributed by atoms with E-state index in [1.807, 2.05) is 18.2 Å². The van der Waals surface area contributed by atoms with Crippen LogP contribution in [-0.2, 0) is 0 Å². The van der Waals surface area contributed by atoms with Gasteiger partial charge in [-0.3, -0.25) is 0 Å². The SMILES string of the molecule is NC(c1cc2cccc(Br)c2o1)c1c(F)cccc1F. The lowest BCUT2D eigenvalue weighted by molar-refractivity contribution is 0.487. The average molecular weight is 338 g/mol. The van der Waals surface area contributed by atoms with Gasteiger partial charge in [0.15, 0.2) is 0 Å². The molecule has 2 nitrogen and oxygen atoms in total. The summed E-state index contributed by atoms with van der Waals surface area (Å²) < 4.78 is 33.9. The number of hydrogen-bond acceptors (Lipinski definition) is 2. The van der Waals surface area contributed by atoms with Gasteiger partial charge in [0, 0.05) is 10.9 Å². The molecular weight excluding hydrogens is 328 g/mol. The van der Waals surface area contributed by atoms with E-state index < -0.39 is 17.7 Å². The Labute approximate surface area is 122 Å². The van der Waals surface area contributed by atoms with Crippen molar-refractivity contribution < 1.29 is 13.2 Å². The second-order valence-electron chi connectivity index (χ2n) is 4.42. The quantitative estimate of drug-likeness (QED) is 0.746. The Morgan fingerprint density at radius 2 is 1.70 bits per heavy atom. The molecule has 5 heteroatoms. The highest BCUT2D eigenvalue weighted by Gasteiger charge is 2.21. The number of benzene rings is 2. The van der Waals surface area contributed by atoms with Gasteiger partial charge >= 0.3 is 0 Å². The molecule has 0 saturated heterocycles. The van der Waals surface area contributed by atoms with Gasteiger partial charge in [0.05, 0.1) is 10.5 Å². The average Bonchev–Trinajstić information content (AvgIpc) is 2.84. The van der Waals surface area contributed by atoms with E-state index in [0.717, 1.165) is 9.86 Å². The van der Waals surface area contributed by atoms with Crippen LogP contribution in [0.1, 0.15) is 17.4 Å². The minimum atomic E-state index is -0.990. The first-order valence-corrected chi connectivity index (χ1v) is 6.74. The van der Waals surface area contributed by atoms with E-state index in [2.05, 4.69) is 15.9 Å². The molecule has 0 amide bonds. The second-order valence-corrected chi connectivity index (χ2v) is 5.27. The minimum Gasteiger partial charge on any atom is -0.458 e. The van der Waals surface area contributed by atoms with Crippen LogP contribution >= 0.6 is 15.9 Å². The maximum Gasteiger partial charge on any atom is 0.148 e. The van der Waals surface area contributed by atoms with Crippen LogP contribution in [0.25, 0.3) is 11.0 Å². The van der Waals surface area contributed by atoms with E-state index in [-0.39, 0.29) is 5.56 Å². The smallest absolute Gasteiger partial charge is 0.148 e. The highest BCUT2D eigenvalue weighted by molar-refractivity contribution is 9.10. The molecule has 1 heterocycles. The molecule has 3 aromatic rings.